The number of piperidine rings is 1. The van der Waals surface area contributed by atoms with Crippen molar-refractivity contribution in [2.75, 3.05) is 33.2 Å². The van der Waals surface area contributed by atoms with Gasteiger partial charge in [-0.05, 0) is 56.5 Å². The molecule has 160 valence electrons. The van der Waals surface area contributed by atoms with Crippen LogP contribution >= 0.6 is 0 Å². The lowest BCUT2D eigenvalue weighted by molar-refractivity contribution is 0.000266. The summed E-state index contributed by atoms with van der Waals surface area (Å²) >= 11 is 0. The highest BCUT2D eigenvalue weighted by atomic mass is 16.5. The van der Waals surface area contributed by atoms with Gasteiger partial charge in [0.15, 0.2) is 0 Å². The van der Waals surface area contributed by atoms with Gasteiger partial charge < -0.3 is 14.5 Å². The van der Waals surface area contributed by atoms with Crippen molar-refractivity contribution in [2.24, 2.45) is 4.99 Å². The number of hydrogen-bond donors (Lipinski definition) is 0. The molecule has 5 rings (SSSR count). The number of nitrogens with zero attached hydrogens (tertiary/aromatic N) is 3. The molecule has 2 atom stereocenters. The van der Waals surface area contributed by atoms with Crippen molar-refractivity contribution in [2.45, 2.75) is 51.7 Å². The van der Waals surface area contributed by atoms with E-state index < -0.39 is 0 Å². The van der Waals surface area contributed by atoms with E-state index in [4.69, 9.17) is 9.73 Å². The maximum atomic E-state index is 6.63. The van der Waals surface area contributed by atoms with E-state index >= 15 is 0 Å². The fraction of sp³-hybridized carbons (Fsp3) is 0.500. The first-order chi connectivity index (χ1) is 14.6. The zero-order valence-electron chi connectivity index (χ0n) is 18.9. The van der Waals surface area contributed by atoms with Crippen molar-refractivity contribution in [3.63, 3.8) is 0 Å². The molecule has 3 aliphatic rings. The number of aryl methyl sites for hydroxylation is 1. The molecule has 1 spiro atoms. The molecule has 0 unspecified atom stereocenters. The molecule has 0 bridgehead atoms. The van der Waals surface area contributed by atoms with Crippen LogP contribution < -0.4 is 0 Å². The van der Waals surface area contributed by atoms with Crippen LogP contribution in [0.1, 0.15) is 55.0 Å². The molecular weight excluding hydrogens is 370 g/mol. The van der Waals surface area contributed by atoms with Crippen LogP contribution in [0, 0.1) is 6.92 Å². The monoisotopic (exact) mass is 405 g/mol. The summed E-state index contributed by atoms with van der Waals surface area (Å²) in [4.78, 5) is 9.72. The van der Waals surface area contributed by atoms with Crippen LogP contribution in [0.15, 0.2) is 53.5 Å². The van der Waals surface area contributed by atoms with Crippen molar-refractivity contribution in [1.29, 1.82) is 0 Å². The Morgan fingerprint density at radius 2 is 1.90 bits per heavy atom. The molecule has 2 aromatic carbocycles. The highest BCUT2D eigenvalue weighted by molar-refractivity contribution is 5.78. The van der Waals surface area contributed by atoms with Gasteiger partial charge in [0.05, 0.1) is 12.6 Å². The number of rotatable bonds is 1. The van der Waals surface area contributed by atoms with Crippen LogP contribution in [0.3, 0.4) is 0 Å². The van der Waals surface area contributed by atoms with Crippen molar-refractivity contribution in [1.82, 2.24) is 9.80 Å². The molecular formula is C26H35N3O. The van der Waals surface area contributed by atoms with Gasteiger partial charge in [-0.1, -0.05) is 67.9 Å². The summed E-state index contributed by atoms with van der Waals surface area (Å²) in [6.45, 7) is 10.0. The van der Waals surface area contributed by atoms with E-state index in [-0.39, 0.29) is 11.6 Å². The summed E-state index contributed by atoms with van der Waals surface area (Å²) in [6.07, 6.45) is 3.32. The van der Waals surface area contributed by atoms with E-state index in [0.29, 0.717) is 0 Å². The molecule has 4 nitrogen and oxygen atoms in total. The lowest BCUT2D eigenvalue weighted by atomic mass is 9.88. The van der Waals surface area contributed by atoms with Crippen LogP contribution in [-0.4, -0.2) is 54.6 Å². The van der Waals surface area contributed by atoms with E-state index in [9.17, 15) is 0 Å². The minimum atomic E-state index is -0.129. The summed E-state index contributed by atoms with van der Waals surface area (Å²) in [5.41, 5.74) is 5.31. The smallest absolute Gasteiger partial charge is 0.288 e. The first kappa shape index (κ1) is 20.9. The second-order valence-corrected chi connectivity index (χ2v) is 8.68. The standard InChI is InChI=1S/C24H29N3O.C2H6/c1-18-7-5-9-20(15-18)22-21-10-4-3-8-19(21)11-14-27(22)23-25-16-24(28-23)12-6-13-26(2)17-24;1-2/h3-5,7-10,15,22H,6,11-14,16-17H2,1-2H3;1-2H3/t22-,24+;/m0./s1. The van der Waals surface area contributed by atoms with Crippen LogP contribution in [-0.2, 0) is 11.2 Å². The number of benzene rings is 2. The predicted octanol–water partition coefficient (Wildman–Crippen LogP) is 4.82. The van der Waals surface area contributed by atoms with Crippen LogP contribution in [0.2, 0.25) is 0 Å². The molecule has 0 amide bonds. The molecule has 3 heterocycles. The van der Waals surface area contributed by atoms with Crippen LogP contribution in [0.5, 0.6) is 0 Å². The van der Waals surface area contributed by atoms with Crippen LogP contribution in [0.4, 0.5) is 0 Å². The number of hydrogen-bond acceptors (Lipinski definition) is 4. The normalized spacial score (nSPS) is 25.8. The van der Waals surface area contributed by atoms with Gasteiger partial charge in [-0.3, -0.25) is 0 Å². The fourth-order valence-electron chi connectivity index (χ4n) is 5.13. The van der Waals surface area contributed by atoms with Gasteiger partial charge in [0, 0.05) is 13.1 Å². The molecule has 3 aliphatic heterocycles. The Morgan fingerprint density at radius 3 is 2.70 bits per heavy atom. The van der Waals surface area contributed by atoms with E-state index in [1.165, 1.54) is 28.7 Å². The molecule has 2 aromatic rings. The summed E-state index contributed by atoms with van der Waals surface area (Å²) in [6, 6.07) is 18.7. The van der Waals surface area contributed by atoms with Gasteiger partial charge in [0.1, 0.15) is 5.60 Å². The number of amidine groups is 1. The molecule has 0 N–H and O–H groups in total. The first-order valence-corrected chi connectivity index (χ1v) is 11.5. The Kier molecular flexibility index (Phi) is 6.14. The summed E-state index contributed by atoms with van der Waals surface area (Å²) in [7, 11) is 2.19. The highest BCUT2D eigenvalue weighted by Gasteiger charge is 2.44. The Balaban J connectivity index is 0.00000106. The second-order valence-electron chi connectivity index (χ2n) is 8.68. The Hall–Kier alpha value is -2.33. The molecule has 1 saturated heterocycles. The molecule has 0 saturated carbocycles. The van der Waals surface area contributed by atoms with Gasteiger partial charge in [-0.25, -0.2) is 4.99 Å². The second kappa shape index (κ2) is 8.81. The molecule has 0 aliphatic carbocycles. The van der Waals surface area contributed by atoms with E-state index in [2.05, 4.69) is 72.3 Å². The zero-order valence-corrected chi connectivity index (χ0v) is 18.9. The topological polar surface area (TPSA) is 28.1 Å². The maximum Gasteiger partial charge on any atom is 0.288 e. The maximum absolute atomic E-state index is 6.63. The average Bonchev–Trinajstić information content (AvgIpc) is 3.17. The Bertz CT molecular complexity index is 909. The third-order valence-electron chi connectivity index (χ3n) is 6.43. The third-order valence-corrected chi connectivity index (χ3v) is 6.43. The SMILES string of the molecule is CC.Cc1cccc([C@H]2c3ccccc3CCN2C2=NC[C@@]3(CCCN(C)C3)O2)c1. The number of aliphatic imine (C=N–C) groups is 1. The predicted molar refractivity (Wildman–Crippen MR) is 124 cm³/mol. The molecule has 0 aromatic heterocycles. The number of likely N-dealkylation sites (N-methyl/N-ethyl adjacent to an activating group) is 1. The largest absolute Gasteiger partial charge is 0.455 e. The van der Waals surface area contributed by atoms with Gasteiger partial charge in [-0.15, -0.1) is 0 Å². The summed E-state index contributed by atoms with van der Waals surface area (Å²) in [5, 5.41) is 0. The summed E-state index contributed by atoms with van der Waals surface area (Å²) in [5.74, 6) is 0. The van der Waals surface area contributed by atoms with Gasteiger partial charge in [0.25, 0.3) is 6.02 Å². The lowest BCUT2D eigenvalue weighted by Crippen LogP contribution is -2.51. The van der Waals surface area contributed by atoms with Crippen LogP contribution in [0.25, 0.3) is 0 Å². The van der Waals surface area contributed by atoms with Gasteiger partial charge >= 0.3 is 0 Å². The molecule has 4 heteroatoms. The first-order valence-electron chi connectivity index (χ1n) is 11.5. The molecule has 1 fully saturated rings. The number of likely N-dealkylation sites (tertiary alicyclic amines) is 1. The van der Waals surface area contributed by atoms with Crippen molar-refractivity contribution in [3.05, 3.63) is 70.8 Å². The minimum absolute atomic E-state index is 0.129. The van der Waals surface area contributed by atoms with Gasteiger partial charge in [0.2, 0.25) is 0 Å². The summed E-state index contributed by atoms with van der Waals surface area (Å²) < 4.78 is 6.63. The lowest BCUT2D eigenvalue weighted by Gasteiger charge is -2.41. The fourth-order valence-corrected chi connectivity index (χ4v) is 5.13. The zero-order chi connectivity index (χ0) is 21.1. The van der Waals surface area contributed by atoms with E-state index in [1.54, 1.807) is 0 Å². The Morgan fingerprint density at radius 1 is 1.07 bits per heavy atom. The quantitative estimate of drug-likeness (QED) is 0.681. The number of fused-ring (bicyclic) bond motifs is 1. The van der Waals surface area contributed by atoms with Crippen molar-refractivity contribution in [3.8, 4) is 0 Å². The minimum Gasteiger partial charge on any atom is -0.455 e. The van der Waals surface area contributed by atoms with E-state index in [0.717, 1.165) is 45.0 Å². The molecule has 0 radical (unpaired) electrons. The van der Waals surface area contributed by atoms with Crippen molar-refractivity contribution >= 4 is 6.02 Å². The molecule has 30 heavy (non-hydrogen) atoms. The highest BCUT2D eigenvalue weighted by Crippen LogP contribution is 2.38. The Labute approximate surface area is 181 Å². The third kappa shape index (κ3) is 3.98. The average molecular weight is 406 g/mol. The van der Waals surface area contributed by atoms with E-state index in [1.807, 2.05) is 13.8 Å². The van der Waals surface area contributed by atoms with Gasteiger partial charge in [-0.2, -0.15) is 0 Å². The van der Waals surface area contributed by atoms with Crippen molar-refractivity contribution < 1.29 is 4.74 Å². The number of ether oxygens (including phenoxy) is 1.